The van der Waals surface area contributed by atoms with Crippen molar-refractivity contribution in [2.24, 2.45) is 0 Å². The van der Waals surface area contributed by atoms with Crippen LogP contribution in [0.25, 0.3) is 0 Å². The Bertz CT molecular complexity index is 3320. The number of benzene rings is 6. The van der Waals surface area contributed by atoms with Crippen LogP contribution in [0.15, 0.2) is 146 Å². The van der Waals surface area contributed by atoms with E-state index in [0.717, 1.165) is 16.9 Å². The molecule has 8 aromatic rings. The fourth-order valence-corrected chi connectivity index (χ4v) is 14.7. The Kier molecular flexibility index (Phi) is 19.1. The van der Waals surface area contributed by atoms with Gasteiger partial charge in [-0.25, -0.2) is 9.59 Å². The molecule has 0 saturated heterocycles. The van der Waals surface area contributed by atoms with Gasteiger partial charge in [-0.05, 0) is 74.5 Å². The van der Waals surface area contributed by atoms with Crippen molar-refractivity contribution >= 4 is 62.6 Å². The van der Waals surface area contributed by atoms with Gasteiger partial charge in [-0.3, -0.25) is 0 Å². The van der Waals surface area contributed by atoms with Gasteiger partial charge in [-0.1, -0.05) is 107 Å². The first-order chi connectivity index (χ1) is 40.2. The minimum Gasteiger partial charge on any atom is -0.422 e. The molecule has 0 radical (unpaired) electrons. The van der Waals surface area contributed by atoms with Crippen LogP contribution in [0.4, 0.5) is 105 Å². The number of thiophene rings is 2. The van der Waals surface area contributed by atoms with E-state index in [2.05, 4.69) is 0 Å². The van der Waals surface area contributed by atoms with Crippen molar-refractivity contribution in [1.29, 1.82) is 0 Å². The van der Waals surface area contributed by atoms with E-state index in [0.29, 0.717) is 21.3 Å². The molecule has 0 spiro atoms. The molecule has 0 atom stereocenters. The van der Waals surface area contributed by atoms with Crippen LogP contribution in [0, 0.1) is 19.6 Å². The Morgan fingerprint density at radius 3 is 0.716 bits per heavy atom. The fourth-order valence-electron chi connectivity index (χ4n) is 8.64. The molecule has 2 aromatic heterocycles. The minimum absolute atomic E-state index is 0.349. The smallest absolute Gasteiger partial charge is 0.416 e. The highest BCUT2D eigenvalue weighted by atomic mass is 127. The first kappa shape index (κ1) is 68.3. The molecule has 0 aliphatic heterocycles. The molecule has 88 heavy (non-hydrogen) atoms. The van der Waals surface area contributed by atoms with Gasteiger partial charge in [-0.15, -0.1) is 0 Å². The SMILES string of the molecule is Cc1ccc(OC(=O)c2ccc([I+]c3ccc(C(=O)Oc4ccc(C)cc4)s3)s2)cc1.FC(F)(F)c1cc([B-](c2cc(C(F)(F)F)cc(C(F)(F)F)c2)(c2cc(C(F)(F)F)cc(C(F)(F)F)c2)c2cc(C(F)(F)F)cc(C(F)(F)F)c2)cc(C(F)(F)F)c1. The maximum atomic E-state index is 14.2. The summed E-state index contributed by atoms with van der Waals surface area (Å²) >= 11 is 2.40. The van der Waals surface area contributed by atoms with E-state index in [1.54, 1.807) is 36.4 Å². The molecule has 0 N–H and O–H groups in total. The second-order valence-corrected chi connectivity index (χ2v) is 25.4. The average Bonchev–Trinajstić information content (AvgIpc) is 0.810. The number of esters is 2. The molecule has 32 heteroatoms. The molecule has 0 saturated carbocycles. The topological polar surface area (TPSA) is 52.6 Å². The van der Waals surface area contributed by atoms with Gasteiger partial charge >= 0.3 is 82.6 Å². The van der Waals surface area contributed by atoms with Gasteiger partial charge in [-0.2, -0.15) is 127 Å². The van der Waals surface area contributed by atoms with E-state index in [1.807, 2.05) is 50.2 Å². The lowest BCUT2D eigenvalue weighted by Gasteiger charge is -2.46. The Morgan fingerprint density at radius 1 is 0.318 bits per heavy atom. The lowest BCUT2D eigenvalue weighted by atomic mass is 9.12. The molecule has 8 rings (SSSR count). The van der Waals surface area contributed by atoms with Crippen LogP contribution in [0.3, 0.4) is 0 Å². The molecule has 468 valence electrons. The maximum Gasteiger partial charge on any atom is 0.416 e. The van der Waals surface area contributed by atoms with Gasteiger partial charge in [0, 0.05) is 12.1 Å². The molecule has 0 amide bonds. The number of hydrogen-bond donors (Lipinski definition) is 0. The van der Waals surface area contributed by atoms with Crippen molar-refractivity contribution in [3.05, 3.63) is 217 Å². The van der Waals surface area contributed by atoms with Gasteiger partial charge in [0.25, 0.3) is 0 Å². The quantitative estimate of drug-likeness (QED) is 0.0450. The van der Waals surface area contributed by atoms with Crippen LogP contribution in [-0.4, -0.2) is 18.1 Å². The summed E-state index contributed by atoms with van der Waals surface area (Å²) in [5, 5.41) is 0. The average molecular weight is 1420 g/mol. The van der Waals surface area contributed by atoms with Gasteiger partial charge in [0.15, 0.2) is 0 Å². The summed E-state index contributed by atoms with van der Waals surface area (Å²) < 4.78 is 354. The zero-order chi connectivity index (χ0) is 65.7. The summed E-state index contributed by atoms with van der Waals surface area (Å²) in [6, 6.07) is 13.5. The van der Waals surface area contributed by atoms with Crippen molar-refractivity contribution in [2.75, 3.05) is 0 Å². The van der Waals surface area contributed by atoms with Gasteiger partial charge in [0.2, 0.25) is 5.77 Å². The lowest BCUT2D eigenvalue weighted by Crippen LogP contribution is -3.61. The third-order valence-electron chi connectivity index (χ3n) is 12.6. The van der Waals surface area contributed by atoms with Crippen molar-refractivity contribution in [1.82, 2.24) is 0 Å². The van der Waals surface area contributed by atoms with Crippen LogP contribution in [0.1, 0.15) is 75.0 Å². The number of halogens is 25. The number of ether oxygens (including phenoxy) is 2. The number of hydrogen-bond acceptors (Lipinski definition) is 6. The number of carbonyl (C=O) groups excluding carboxylic acids is 2. The van der Waals surface area contributed by atoms with Gasteiger partial charge < -0.3 is 9.47 Å². The number of carbonyl (C=O) groups is 2. The van der Waals surface area contributed by atoms with Gasteiger partial charge in [0.1, 0.15) is 27.4 Å². The Hall–Kier alpha value is -7.23. The molecule has 0 aliphatic rings. The first-order valence-electron chi connectivity index (χ1n) is 24.0. The minimum atomic E-state index is -6.13. The summed E-state index contributed by atoms with van der Waals surface area (Å²) in [7, 11) is 0. The highest BCUT2D eigenvalue weighted by Gasteiger charge is 2.47. The molecular weight excluding hydrogens is 1390 g/mol. The monoisotopic (exact) mass is 1420 g/mol. The molecule has 2 heterocycles. The van der Waals surface area contributed by atoms with Crippen LogP contribution < -0.4 is 52.5 Å². The summed E-state index contributed by atoms with van der Waals surface area (Å²) in [4.78, 5) is 25.9. The van der Waals surface area contributed by atoms with Crippen LogP contribution >= 0.6 is 22.7 Å². The highest BCUT2D eigenvalue weighted by Crippen LogP contribution is 2.42. The summed E-state index contributed by atoms with van der Waals surface area (Å²) in [5.74, 6) is 0.376. The van der Waals surface area contributed by atoms with E-state index < -0.39 is 216 Å². The first-order valence-corrected chi connectivity index (χ1v) is 27.8. The number of alkyl halides is 24. The lowest BCUT2D eigenvalue weighted by molar-refractivity contribution is -0.585. The molecule has 6 aromatic carbocycles. The zero-order valence-corrected chi connectivity index (χ0v) is 47.1. The standard InChI is InChI=1S/C32H12BF24.C24H18IO4S2/c34-25(35,36)13-1-14(26(37,38)39)6-21(5-13)33(22-7-15(27(40,41)42)2-16(8-22)28(43,44)45,23-9-17(29(46,47)48)3-18(10-23)30(49,50)51)24-11-19(31(52,53)54)4-20(12-24)32(55,56)57;1-15-3-7-17(8-4-15)28-23(26)19-11-13-21(30-19)25-22-14-12-20(31-22)24(27)29-18-9-5-16(2)6-10-18/h1-12H;3-14H,1-2H3/q-1;+1. The van der Waals surface area contributed by atoms with E-state index in [9.17, 15) is 115 Å². The third kappa shape index (κ3) is 16.3. The Balaban J connectivity index is 0.000000298. The van der Waals surface area contributed by atoms with E-state index in [4.69, 9.17) is 9.47 Å². The van der Waals surface area contributed by atoms with Crippen LogP contribution in [-0.2, 0) is 49.4 Å². The Labute approximate surface area is 497 Å². The van der Waals surface area contributed by atoms with Crippen molar-refractivity contribution < 1.29 is 146 Å². The van der Waals surface area contributed by atoms with Gasteiger partial charge in [0.05, 0.1) is 44.5 Å². The molecular formula is C56H30BF24IO4S2. The molecule has 0 aliphatic carbocycles. The second-order valence-electron chi connectivity index (χ2n) is 18.9. The van der Waals surface area contributed by atoms with Crippen molar-refractivity contribution in [2.45, 2.75) is 63.3 Å². The predicted molar refractivity (Wildman–Crippen MR) is 268 cm³/mol. The molecule has 0 fully saturated rings. The normalized spacial score (nSPS) is 13.0. The second kappa shape index (κ2) is 24.6. The summed E-state index contributed by atoms with van der Waals surface area (Å²) in [6.07, 6.45) is -54.8. The largest absolute Gasteiger partial charge is 0.422 e. The van der Waals surface area contributed by atoms with E-state index in [-0.39, 0.29) is 11.9 Å². The molecule has 0 bridgehead atoms. The fraction of sp³-hybridized carbons (Fsp3) is 0.179. The maximum absolute atomic E-state index is 14.2. The van der Waals surface area contributed by atoms with E-state index in [1.165, 1.54) is 22.7 Å². The number of rotatable bonds is 10. The summed E-state index contributed by atoms with van der Waals surface area (Å²) in [5.41, 5.74) is -28.0. The highest BCUT2D eigenvalue weighted by molar-refractivity contribution is 7.20. The van der Waals surface area contributed by atoms with E-state index >= 15 is 0 Å². The van der Waals surface area contributed by atoms with Crippen molar-refractivity contribution in [3.63, 3.8) is 0 Å². The predicted octanol–water partition coefficient (Wildman–Crippen LogP) is 14.2. The van der Waals surface area contributed by atoms with Crippen molar-refractivity contribution in [3.8, 4) is 11.5 Å². The number of aryl methyl sites for hydroxylation is 2. The zero-order valence-electron chi connectivity index (χ0n) is 43.3. The molecule has 4 nitrogen and oxygen atoms in total. The summed E-state index contributed by atoms with van der Waals surface area (Å²) in [6.45, 7) is 3.97. The molecule has 0 unspecified atom stereocenters. The van der Waals surface area contributed by atoms with Crippen LogP contribution in [0.5, 0.6) is 11.5 Å². The third-order valence-corrected chi connectivity index (χ3v) is 18.5. The van der Waals surface area contributed by atoms with Crippen LogP contribution in [0.2, 0.25) is 0 Å². The Morgan fingerprint density at radius 2 is 0.523 bits per heavy atom.